The van der Waals surface area contributed by atoms with Crippen LogP contribution in [-0.4, -0.2) is 71.6 Å². The van der Waals surface area contributed by atoms with Gasteiger partial charge in [-0.15, -0.1) is 0 Å². The molecule has 3 rings (SSSR count). The lowest BCUT2D eigenvalue weighted by molar-refractivity contribution is -0.142. The fraction of sp³-hybridized carbons (Fsp3) is 0.867. The zero-order valence-corrected chi connectivity index (χ0v) is 12.5. The number of likely N-dealkylation sites (tertiary alicyclic amines) is 2. The van der Waals surface area contributed by atoms with Crippen molar-refractivity contribution in [3.63, 3.8) is 0 Å². The molecule has 0 radical (unpaired) electrons. The van der Waals surface area contributed by atoms with Crippen LogP contribution in [0.5, 0.6) is 0 Å². The van der Waals surface area contributed by atoms with E-state index in [2.05, 4.69) is 5.32 Å². The molecular weight excluding hydrogens is 270 g/mol. The van der Waals surface area contributed by atoms with Crippen LogP contribution in [0.2, 0.25) is 0 Å². The van der Waals surface area contributed by atoms with Crippen molar-refractivity contribution < 1.29 is 14.7 Å². The molecule has 0 aromatic carbocycles. The Labute approximate surface area is 125 Å². The van der Waals surface area contributed by atoms with Crippen LogP contribution in [0.1, 0.15) is 32.1 Å². The van der Waals surface area contributed by atoms with Gasteiger partial charge >= 0.3 is 0 Å². The molecule has 6 heteroatoms. The second-order valence-electron chi connectivity index (χ2n) is 6.58. The van der Waals surface area contributed by atoms with Crippen LogP contribution in [0.15, 0.2) is 0 Å². The molecule has 3 fully saturated rings. The molecule has 6 nitrogen and oxygen atoms in total. The predicted molar refractivity (Wildman–Crippen MR) is 77.6 cm³/mol. The predicted octanol–water partition coefficient (Wildman–Crippen LogP) is -0.428. The van der Waals surface area contributed by atoms with Gasteiger partial charge in [0, 0.05) is 51.5 Å². The fourth-order valence-electron chi connectivity index (χ4n) is 3.78. The van der Waals surface area contributed by atoms with Crippen LogP contribution in [0.25, 0.3) is 0 Å². The second kappa shape index (κ2) is 5.93. The summed E-state index contributed by atoms with van der Waals surface area (Å²) < 4.78 is 0. The van der Waals surface area contributed by atoms with Gasteiger partial charge in [-0.2, -0.15) is 0 Å². The smallest absolute Gasteiger partial charge is 0.224 e. The van der Waals surface area contributed by atoms with Gasteiger partial charge in [-0.05, 0) is 25.8 Å². The van der Waals surface area contributed by atoms with E-state index < -0.39 is 5.60 Å². The average Bonchev–Trinajstić information content (AvgIpc) is 2.89. The van der Waals surface area contributed by atoms with Gasteiger partial charge in [0.15, 0.2) is 0 Å². The van der Waals surface area contributed by atoms with Crippen LogP contribution in [0.4, 0.5) is 0 Å². The maximum atomic E-state index is 12.3. The maximum Gasteiger partial charge on any atom is 0.224 e. The highest BCUT2D eigenvalue weighted by Crippen LogP contribution is 2.33. The Morgan fingerprint density at radius 3 is 3.00 bits per heavy atom. The molecular formula is C15H25N3O3. The molecule has 2 N–H and O–H groups in total. The molecule has 2 atom stereocenters. The van der Waals surface area contributed by atoms with E-state index in [1.165, 1.54) is 0 Å². The first-order valence-corrected chi connectivity index (χ1v) is 8.07. The number of carbonyl (C=O) groups is 2. The van der Waals surface area contributed by atoms with Crippen molar-refractivity contribution in [2.45, 2.75) is 37.7 Å². The van der Waals surface area contributed by atoms with E-state index in [1.807, 2.05) is 4.90 Å². The van der Waals surface area contributed by atoms with Gasteiger partial charge in [-0.1, -0.05) is 0 Å². The molecule has 0 aromatic heterocycles. The molecule has 0 unspecified atom stereocenters. The number of nitrogens with one attached hydrogen (secondary N) is 1. The van der Waals surface area contributed by atoms with E-state index in [9.17, 15) is 14.7 Å². The van der Waals surface area contributed by atoms with Crippen molar-refractivity contribution >= 4 is 11.8 Å². The third-order valence-electron chi connectivity index (χ3n) is 5.26. The first kappa shape index (κ1) is 14.8. The summed E-state index contributed by atoms with van der Waals surface area (Å²) in [6, 6.07) is 0. The van der Waals surface area contributed by atoms with Crippen LogP contribution < -0.4 is 5.32 Å². The van der Waals surface area contributed by atoms with Crippen molar-refractivity contribution in [2.24, 2.45) is 5.92 Å². The van der Waals surface area contributed by atoms with Crippen molar-refractivity contribution in [1.29, 1.82) is 0 Å². The van der Waals surface area contributed by atoms with Crippen molar-refractivity contribution in [3.8, 4) is 0 Å². The number of carbonyl (C=O) groups excluding carboxylic acids is 2. The molecule has 3 aliphatic heterocycles. The van der Waals surface area contributed by atoms with E-state index in [4.69, 9.17) is 0 Å². The van der Waals surface area contributed by atoms with Crippen LogP contribution in [-0.2, 0) is 9.59 Å². The summed E-state index contributed by atoms with van der Waals surface area (Å²) in [5, 5.41) is 13.9. The Morgan fingerprint density at radius 1 is 1.38 bits per heavy atom. The highest BCUT2D eigenvalue weighted by molar-refractivity contribution is 5.80. The first-order chi connectivity index (χ1) is 10.1. The summed E-state index contributed by atoms with van der Waals surface area (Å²) in [4.78, 5) is 27.5. The van der Waals surface area contributed by atoms with Gasteiger partial charge in [0.2, 0.25) is 11.8 Å². The van der Waals surface area contributed by atoms with Gasteiger partial charge in [0.1, 0.15) is 0 Å². The lowest BCUT2D eigenvalue weighted by atomic mass is 9.76. The Hall–Kier alpha value is -1.14. The van der Waals surface area contributed by atoms with Crippen molar-refractivity contribution in [3.05, 3.63) is 0 Å². The summed E-state index contributed by atoms with van der Waals surface area (Å²) in [6.45, 7) is 4.25. The van der Waals surface area contributed by atoms with Crippen molar-refractivity contribution in [2.75, 3.05) is 39.3 Å². The number of aliphatic hydroxyl groups is 1. The summed E-state index contributed by atoms with van der Waals surface area (Å²) in [5.74, 6) is 0.423. The minimum Gasteiger partial charge on any atom is -0.389 e. The summed E-state index contributed by atoms with van der Waals surface area (Å²) in [5.41, 5.74) is -0.590. The monoisotopic (exact) mass is 295 g/mol. The average molecular weight is 295 g/mol. The Kier molecular flexibility index (Phi) is 4.17. The fourth-order valence-corrected chi connectivity index (χ4v) is 3.78. The quantitative estimate of drug-likeness (QED) is 0.741. The van der Waals surface area contributed by atoms with Crippen LogP contribution in [0.3, 0.4) is 0 Å². The third-order valence-corrected chi connectivity index (χ3v) is 5.26. The lowest BCUT2D eigenvalue weighted by Crippen LogP contribution is -2.60. The molecule has 0 bridgehead atoms. The lowest BCUT2D eigenvalue weighted by Gasteiger charge is -2.47. The number of nitrogens with zero attached hydrogens (tertiary/aromatic N) is 2. The van der Waals surface area contributed by atoms with Gasteiger partial charge < -0.3 is 20.2 Å². The number of piperidine rings is 2. The summed E-state index contributed by atoms with van der Waals surface area (Å²) >= 11 is 0. The van der Waals surface area contributed by atoms with E-state index >= 15 is 0 Å². The molecule has 21 heavy (non-hydrogen) atoms. The zero-order valence-electron chi connectivity index (χ0n) is 12.5. The number of rotatable bonds is 3. The van der Waals surface area contributed by atoms with E-state index in [0.717, 1.165) is 32.5 Å². The van der Waals surface area contributed by atoms with Crippen molar-refractivity contribution in [1.82, 2.24) is 15.1 Å². The van der Waals surface area contributed by atoms with E-state index in [-0.39, 0.29) is 17.7 Å². The number of hydrogen-bond acceptors (Lipinski definition) is 4. The molecule has 0 spiro atoms. The molecule has 0 saturated carbocycles. The number of amides is 2. The van der Waals surface area contributed by atoms with Gasteiger partial charge in [0.05, 0.1) is 5.60 Å². The molecule has 3 heterocycles. The van der Waals surface area contributed by atoms with Gasteiger partial charge in [0.25, 0.3) is 0 Å². The van der Waals surface area contributed by atoms with E-state index in [0.29, 0.717) is 38.9 Å². The Bertz CT molecular complexity index is 428. The zero-order chi connectivity index (χ0) is 14.9. The summed E-state index contributed by atoms with van der Waals surface area (Å²) in [6.07, 6.45) is 3.40. The van der Waals surface area contributed by atoms with Crippen LogP contribution >= 0.6 is 0 Å². The molecule has 2 amide bonds. The summed E-state index contributed by atoms with van der Waals surface area (Å²) in [7, 11) is 0. The topological polar surface area (TPSA) is 72.9 Å². The second-order valence-corrected chi connectivity index (χ2v) is 6.58. The minimum atomic E-state index is -0.590. The first-order valence-electron chi connectivity index (χ1n) is 8.07. The third kappa shape index (κ3) is 3.06. The molecule has 3 aliphatic rings. The van der Waals surface area contributed by atoms with Gasteiger partial charge in [-0.25, -0.2) is 0 Å². The molecule has 118 valence electrons. The Morgan fingerprint density at radius 2 is 2.24 bits per heavy atom. The minimum absolute atomic E-state index is 0.113. The normalized spacial score (nSPS) is 33.2. The van der Waals surface area contributed by atoms with Crippen LogP contribution in [0, 0.1) is 5.92 Å². The number of hydrogen-bond donors (Lipinski definition) is 2. The Balaban J connectivity index is 1.50. The maximum absolute atomic E-state index is 12.3. The standard InChI is InChI=1S/C15H25N3O3/c19-13-2-1-7-17(13)8-3-14(20)18-9-5-15(21)4-6-16-10-12(15)11-18/h12,16,21H,1-11H2/t12-,15-/m1/s1. The highest BCUT2D eigenvalue weighted by Gasteiger charge is 2.43. The molecule has 0 aliphatic carbocycles. The molecule has 0 aromatic rings. The number of fused-ring (bicyclic) bond motifs is 1. The highest BCUT2D eigenvalue weighted by atomic mass is 16.3. The van der Waals surface area contributed by atoms with E-state index in [1.54, 1.807) is 4.90 Å². The molecule has 3 saturated heterocycles. The van der Waals surface area contributed by atoms with Gasteiger partial charge in [-0.3, -0.25) is 9.59 Å². The largest absolute Gasteiger partial charge is 0.389 e. The SMILES string of the molecule is O=C1CCCN1CCC(=O)N1CC[C@]2(O)CCNC[C@@H]2C1.